The third-order valence-corrected chi connectivity index (χ3v) is 2.40. The van der Waals surface area contributed by atoms with E-state index in [2.05, 4.69) is 0 Å². The standard InChI is InChI=1S/C11H17NO3/c1-4-6-11(7-8-12,9(3)13)10(14)15-5-2/h4-7H2,1-3H3. The lowest BCUT2D eigenvalue weighted by atomic mass is 9.77. The van der Waals surface area contributed by atoms with E-state index >= 15 is 0 Å². The van der Waals surface area contributed by atoms with Crippen LogP contribution >= 0.6 is 0 Å². The third kappa shape index (κ3) is 3.05. The molecule has 0 bridgehead atoms. The summed E-state index contributed by atoms with van der Waals surface area (Å²) >= 11 is 0. The van der Waals surface area contributed by atoms with Gasteiger partial charge in [-0.15, -0.1) is 0 Å². The average Bonchev–Trinajstić information content (AvgIpc) is 2.17. The van der Waals surface area contributed by atoms with Crippen molar-refractivity contribution in [1.82, 2.24) is 0 Å². The van der Waals surface area contributed by atoms with E-state index in [-0.39, 0.29) is 18.8 Å². The van der Waals surface area contributed by atoms with Crippen molar-refractivity contribution in [2.24, 2.45) is 5.41 Å². The van der Waals surface area contributed by atoms with Crippen molar-refractivity contribution in [3.63, 3.8) is 0 Å². The Bertz CT molecular complexity index is 280. The molecule has 84 valence electrons. The van der Waals surface area contributed by atoms with Gasteiger partial charge in [0.1, 0.15) is 11.2 Å². The molecule has 0 aromatic heterocycles. The van der Waals surface area contributed by atoms with Gasteiger partial charge in [0, 0.05) is 0 Å². The summed E-state index contributed by atoms with van der Waals surface area (Å²) in [5.74, 6) is -0.856. The highest BCUT2D eigenvalue weighted by Gasteiger charge is 2.43. The maximum atomic E-state index is 11.7. The minimum atomic E-state index is -1.25. The van der Waals surface area contributed by atoms with E-state index in [1.54, 1.807) is 6.92 Å². The van der Waals surface area contributed by atoms with E-state index in [9.17, 15) is 9.59 Å². The van der Waals surface area contributed by atoms with Gasteiger partial charge < -0.3 is 4.74 Å². The topological polar surface area (TPSA) is 67.2 Å². The van der Waals surface area contributed by atoms with Gasteiger partial charge in [0.05, 0.1) is 19.1 Å². The molecule has 0 heterocycles. The normalized spacial score (nSPS) is 13.7. The van der Waals surface area contributed by atoms with Crippen molar-refractivity contribution >= 4 is 11.8 Å². The number of hydrogen-bond donors (Lipinski definition) is 0. The fraction of sp³-hybridized carbons (Fsp3) is 0.727. The van der Waals surface area contributed by atoms with Gasteiger partial charge in [-0.05, 0) is 20.3 Å². The molecule has 0 aliphatic heterocycles. The first-order valence-corrected chi connectivity index (χ1v) is 5.10. The summed E-state index contributed by atoms with van der Waals surface area (Å²) in [6, 6.07) is 1.89. The van der Waals surface area contributed by atoms with Crippen LogP contribution in [0.1, 0.15) is 40.0 Å². The zero-order chi connectivity index (χ0) is 11.9. The van der Waals surface area contributed by atoms with Crippen LogP contribution in [0.15, 0.2) is 0 Å². The second kappa shape index (κ2) is 6.18. The van der Waals surface area contributed by atoms with Gasteiger partial charge >= 0.3 is 5.97 Å². The SMILES string of the molecule is CCCC(CC#N)(C(C)=O)C(=O)OCC. The summed E-state index contributed by atoms with van der Waals surface area (Å²) in [6.07, 6.45) is 0.934. The Kier molecular flexibility index (Phi) is 5.61. The second-order valence-electron chi connectivity index (χ2n) is 3.44. The lowest BCUT2D eigenvalue weighted by Gasteiger charge is -2.25. The number of Topliss-reactive ketones (excluding diaryl/α,β-unsaturated/α-hetero) is 1. The van der Waals surface area contributed by atoms with Crippen molar-refractivity contribution in [2.45, 2.75) is 40.0 Å². The third-order valence-electron chi connectivity index (χ3n) is 2.40. The molecule has 0 N–H and O–H groups in total. The number of hydrogen-bond acceptors (Lipinski definition) is 4. The Morgan fingerprint density at radius 1 is 1.40 bits per heavy atom. The molecule has 0 aliphatic carbocycles. The van der Waals surface area contributed by atoms with Gasteiger partial charge in [-0.3, -0.25) is 9.59 Å². The molecular formula is C11H17NO3. The second-order valence-corrected chi connectivity index (χ2v) is 3.44. The zero-order valence-electron chi connectivity index (χ0n) is 9.50. The van der Waals surface area contributed by atoms with Crippen LogP contribution in [0.4, 0.5) is 0 Å². The van der Waals surface area contributed by atoms with Gasteiger partial charge in [0.2, 0.25) is 0 Å². The average molecular weight is 211 g/mol. The number of carbonyl (C=O) groups excluding carboxylic acids is 2. The molecule has 0 aliphatic rings. The fourth-order valence-electron chi connectivity index (χ4n) is 1.54. The van der Waals surface area contributed by atoms with Crippen LogP contribution in [0.3, 0.4) is 0 Å². The summed E-state index contributed by atoms with van der Waals surface area (Å²) in [5, 5.41) is 8.68. The quantitative estimate of drug-likeness (QED) is 0.496. The van der Waals surface area contributed by atoms with Crippen molar-refractivity contribution in [2.75, 3.05) is 6.61 Å². The molecule has 0 radical (unpaired) electrons. The van der Waals surface area contributed by atoms with E-state index in [4.69, 9.17) is 10.00 Å². The van der Waals surface area contributed by atoms with Crippen molar-refractivity contribution in [3.8, 4) is 6.07 Å². The smallest absolute Gasteiger partial charge is 0.320 e. The van der Waals surface area contributed by atoms with Gasteiger partial charge in [0.15, 0.2) is 0 Å². The predicted octanol–water partition coefficient (Wildman–Crippen LogP) is 1.84. The number of ether oxygens (including phenoxy) is 1. The Balaban J connectivity index is 5.03. The number of rotatable bonds is 6. The lowest BCUT2D eigenvalue weighted by molar-refractivity contribution is -0.160. The van der Waals surface area contributed by atoms with E-state index in [1.807, 2.05) is 13.0 Å². The molecule has 0 spiro atoms. The lowest BCUT2D eigenvalue weighted by Crippen LogP contribution is -2.39. The molecule has 0 saturated carbocycles. The van der Waals surface area contributed by atoms with E-state index < -0.39 is 11.4 Å². The monoisotopic (exact) mass is 211 g/mol. The summed E-state index contributed by atoms with van der Waals surface area (Å²) in [7, 11) is 0. The Hall–Kier alpha value is -1.37. The maximum Gasteiger partial charge on any atom is 0.320 e. The predicted molar refractivity (Wildman–Crippen MR) is 54.9 cm³/mol. The zero-order valence-corrected chi connectivity index (χ0v) is 9.50. The van der Waals surface area contributed by atoms with Gasteiger partial charge in [0.25, 0.3) is 0 Å². The Labute approximate surface area is 90.2 Å². The summed E-state index contributed by atoms with van der Waals surface area (Å²) in [5.41, 5.74) is -1.25. The van der Waals surface area contributed by atoms with Crippen LogP contribution in [-0.2, 0) is 14.3 Å². The molecular weight excluding hydrogens is 194 g/mol. The summed E-state index contributed by atoms with van der Waals surface area (Å²) in [4.78, 5) is 23.2. The number of nitriles is 1. The van der Waals surface area contributed by atoms with Crippen LogP contribution in [-0.4, -0.2) is 18.4 Å². The van der Waals surface area contributed by atoms with Crippen molar-refractivity contribution < 1.29 is 14.3 Å². The van der Waals surface area contributed by atoms with Crippen molar-refractivity contribution in [1.29, 1.82) is 5.26 Å². The van der Waals surface area contributed by atoms with Gasteiger partial charge in [-0.2, -0.15) is 5.26 Å². The van der Waals surface area contributed by atoms with E-state index in [0.717, 1.165) is 0 Å². The Morgan fingerprint density at radius 3 is 2.33 bits per heavy atom. The number of nitrogens with zero attached hydrogens (tertiary/aromatic N) is 1. The minimum absolute atomic E-state index is 0.102. The fourth-order valence-corrected chi connectivity index (χ4v) is 1.54. The molecule has 0 aromatic carbocycles. The van der Waals surface area contributed by atoms with Crippen LogP contribution < -0.4 is 0 Å². The molecule has 4 heteroatoms. The van der Waals surface area contributed by atoms with Gasteiger partial charge in [-0.25, -0.2) is 0 Å². The maximum absolute atomic E-state index is 11.7. The molecule has 4 nitrogen and oxygen atoms in total. The summed E-state index contributed by atoms with van der Waals surface area (Å²) in [6.45, 7) is 5.11. The van der Waals surface area contributed by atoms with E-state index in [1.165, 1.54) is 6.92 Å². The largest absolute Gasteiger partial charge is 0.465 e. The van der Waals surface area contributed by atoms with Crippen LogP contribution in [0.25, 0.3) is 0 Å². The Morgan fingerprint density at radius 2 is 2.00 bits per heavy atom. The molecule has 0 saturated heterocycles. The molecule has 1 atom stereocenters. The number of ketones is 1. The first kappa shape index (κ1) is 13.6. The molecule has 1 unspecified atom stereocenters. The molecule has 0 rings (SSSR count). The van der Waals surface area contributed by atoms with Crippen LogP contribution in [0.2, 0.25) is 0 Å². The molecule has 0 aromatic rings. The van der Waals surface area contributed by atoms with Crippen LogP contribution in [0, 0.1) is 16.7 Å². The summed E-state index contributed by atoms with van der Waals surface area (Å²) < 4.78 is 4.86. The van der Waals surface area contributed by atoms with Gasteiger partial charge in [-0.1, -0.05) is 13.3 Å². The number of esters is 1. The highest BCUT2D eigenvalue weighted by atomic mass is 16.5. The number of carbonyl (C=O) groups is 2. The first-order valence-electron chi connectivity index (χ1n) is 5.10. The van der Waals surface area contributed by atoms with E-state index in [0.29, 0.717) is 12.8 Å². The molecule has 0 fully saturated rings. The molecule has 0 amide bonds. The van der Waals surface area contributed by atoms with Crippen molar-refractivity contribution in [3.05, 3.63) is 0 Å². The van der Waals surface area contributed by atoms with Crippen LogP contribution in [0.5, 0.6) is 0 Å². The highest BCUT2D eigenvalue weighted by molar-refractivity contribution is 6.02. The first-order chi connectivity index (χ1) is 7.05. The minimum Gasteiger partial charge on any atom is -0.465 e. The highest BCUT2D eigenvalue weighted by Crippen LogP contribution is 2.31. The molecule has 15 heavy (non-hydrogen) atoms.